The lowest BCUT2D eigenvalue weighted by Gasteiger charge is -2.34. The van der Waals surface area contributed by atoms with Gasteiger partial charge in [0.1, 0.15) is 12.2 Å². The molecule has 0 aromatic heterocycles. The summed E-state index contributed by atoms with van der Waals surface area (Å²) in [7, 11) is 0. The molecule has 5 atom stereocenters. The molecule has 0 aliphatic heterocycles. The summed E-state index contributed by atoms with van der Waals surface area (Å²) in [5.41, 5.74) is 0. The van der Waals surface area contributed by atoms with Crippen molar-refractivity contribution in [3.8, 4) is 0 Å². The van der Waals surface area contributed by atoms with Crippen LogP contribution >= 0.6 is 0 Å². The first-order valence-corrected chi connectivity index (χ1v) is 16.5. The SMILES string of the molecule is CCCCCCCCCCCCCCC(CCCCC(CC(=O)C(O)C(O)(OC(C)=O)C(O)OC(C)=O)OC(C)=O)OC(C)=O. The molecule has 0 aliphatic carbocycles. The molecule has 0 fully saturated rings. The summed E-state index contributed by atoms with van der Waals surface area (Å²) < 4.78 is 19.7. The monoisotopic (exact) mass is 646 g/mol. The van der Waals surface area contributed by atoms with Gasteiger partial charge in [0, 0.05) is 34.1 Å². The molecule has 3 N–H and O–H groups in total. The Morgan fingerprint density at radius 2 is 0.933 bits per heavy atom. The first-order chi connectivity index (χ1) is 21.2. The summed E-state index contributed by atoms with van der Waals surface area (Å²) in [4.78, 5) is 58.8. The van der Waals surface area contributed by atoms with Crippen molar-refractivity contribution in [2.75, 3.05) is 0 Å². The van der Waals surface area contributed by atoms with Crippen molar-refractivity contribution >= 4 is 29.7 Å². The molecule has 0 aliphatic rings. The molecular weight excluding hydrogens is 588 g/mol. The minimum Gasteiger partial charge on any atom is -0.463 e. The van der Waals surface area contributed by atoms with Gasteiger partial charge in [-0.1, -0.05) is 77.6 Å². The van der Waals surface area contributed by atoms with Crippen LogP contribution in [0.2, 0.25) is 0 Å². The van der Waals surface area contributed by atoms with Crippen molar-refractivity contribution in [3.05, 3.63) is 0 Å². The zero-order valence-corrected chi connectivity index (χ0v) is 28.1. The van der Waals surface area contributed by atoms with Gasteiger partial charge >= 0.3 is 29.7 Å². The number of ketones is 1. The van der Waals surface area contributed by atoms with Gasteiger partial charge in [-0.15, -0.1) is 0 Å². The number of ether oxygens (including phenoxy) is 4. The van der Waals surface area contributed by atoms with Crippen LogP contribution in [0.3, 0.4) is 0 Å². The van der Waals surface area contributed by atoms with E-state index in [1.54, 1.807) is 0 Å². The van der Waals surface area contributed by atoms with Gasteiger partial charge in [-0.25, -0.2) is 0 Å². The predicted octanol–water partition coefficient (Wildman–Crippen LogP) is 4.95. The minimum absolute atomic E-state index is 0.210. The fourth-order valence-electron chi connectivity index (χ4n) is 5.17. The third-order valence-corrected chi connectivity index (χ3v) is 7.41. The number of unbranched alkanes of at least 4 members (excludes halogenated alkanes) is 12. The minimum atomic E-state index is -3.28. The van der Waals surface area contributed by atoms with Gasteiger partial charge in [-0.2, -0.15) is 0 Å². The number of esters is 4. The molecular formula is C33H58O12. The summed E-state index contributed by atoms with van der Waals surface area (Å²) >= 11 is 0. The highest BCUT2D eigenvalue weighted by atomic mass is 16.7. The molecule has 45 heavy (non-hydrogen) atoms. The van der Waals surface area contributed by atoms with Crippen molar-refractivity contribution < 1.29 is 58.2 Å². The molecule has 0 saturated carbocycles. The molecule has 0 amide bonds. The lowest BCUT2D eigenvalue weighted by Crippen LogP contribution is -2.59. The van der Waals surface area contributed by atoms with Crippen molar-refractivity contribution in [3.63, 3.8) is 0 Å². The fraction of sp³-hybridized carbons (Fsp3) is 0.848. The summed E-state index contributed by atoms with van der Waals surface area (Å²) in [6, 6.07) is 0. The topological polar surface area (TPSA) is 183 Å². The molecule has 262 valence electrons. The zero-order valence-electron chi connectivity index (χ0n) is 28.1. The maximum absolute atomic E-state index is 12.8. The smallest absolute Gasteiger partial charge is 0.307 e. The second kappa shape index (κ2) is 24.6. The van der Waals surface area contributed by atoms with E-state index >= 15 is 0 Å². The van der Waals surface area contributed by atoms with Gasteiger partial charge in [-0.3, -0.25) is 24.0 Å². The Balaban J connectivity index is 4.78. The highest BCUT2D eigenvalue weighted by molar-refractivity contribution is 5.85. The first-order valence-electron chi connectivity index (χ1n) is 16.5. The van der Waals surface area contributed by atoms with Crippen molar-refractivity contribution in [2.24, 2.45) is 0 Å². The Kier molecular flexibility index (Phi) is 23.2. The van der Waals surface area contributed by atoms with Gasteiger partial charge in [0.15, 0.2) is 11.9 Å². The van der Waals surface area contributed by atoms with Crippen LogP contribution in [0.1, 0.15) is 150 Å². The quantitative estimate of drug-likeness (QED) is 0.0473. The average molecular weight is 647 g/mol. The number of aliphatic hydroxyl groups excluding tert-OH is 2. The molecule has 0 heterocycles. The van der Waals surface area contributed by atoms with Crippen LogP contribution in [0, 0.1) is 0 Å². The Hall–Kier alpha value is -2.57. The molecule has 0 bridgehead atoms. The van der Waals surface area contributed by atoms with Gasteiger partial charge in [0.2, 0.25) is 0 Å². The summed E-state index contributed by atoms with van der Waals surface area (Å²) in [5, 5.41) is 31.1. The summed E-state index contributed by atoms with van der Waals surface area (Å²) in [6.45, 7) is 6.50. The van der Waals surface area contributed by atoms with Crippen LogP contribution in [0.5, 0.6) is 0 Å². The van der Waals surface area contributed by atoms with Crippen LogP contribution in [0.15, 0.2) is 0 Å². The summed E-state index contributed by atoms with van der Waals surface area (Å²) in [5.74, 6) is -7.68. The highest BCUT2D eigenvalue weighted by Gasteiger charge is 2.52. The summed E-state index contributed by atoms with van der Waals surface area (Å²) in [6.07, 6.45) is 10.5. The number of aliphatic hydroxyl groups is 3. The van der Waals surface area contributed by atoms with Crippen molar-refractivity contribution in [1.82, 2.24) is 0 Å². The zero-order chi connectivity index (χ0) is 34.3. The Bertz CT molecular complexity index is 876. The molecule has 0 radical (unpaired) electrons. The van der Waals surface area contributed by atoms with E-state index in [0.717, 1.165) is 46.5 Å². The number of carbonyl (C=O) groups is 5. The lowest BCUT2D eigenvalue weighted by atomic mass is 9.97. The third kappa shape index (κ3) is 21.0. The second-order valence-corrected chi connectivity index (χ2v) is 11.8. The normalized spacial score (nSPS) is 15.2. The second-order valence-electron chi connectivity index (χ2n) is 11.8. The molecule has 0 rings (SSSR count). The molecule has 0 spiro atoms. The van der Waals surface area contributed by atoms with E-state index in [4.69, 9.17) is 9.47 Å². The molecule has 12 nitrogen and oxygen atoms in total. The lowest BCUT2D eigenvalue weighted by molar-refractivity contribution is -0.326. The number of hydrogen-bond acceptors (Lipinski definition) is 12. The van der Waals surface area contributed by atoms with Crippen LogP contribution in [0.4, 0.5) is 0 Å². The maximum atomic E-state index is 12.8. The molecule has 5 unspecified atom stereocenters. The van der Waals surface area contributed by atoms with Gasteiger partial charge in [0.05, 0.1) is 0 Å². The van der Waals surface area contributed by atoms with Crippen LogP contribution in [-0.2, 0) is 42.9 Å². The van der Waals surface area contributed by atoms with E-state index in [1.165, 1.54) is 64.7 Å². The number of rotatable bonds is 27. The third-order valence-electron chi connectivity index (χ3n) is 7.41. The highest BCUT2D eigenvalue weighted by Crippen LogP contribution is 2.24. The van der Waals surface area contributed by atoms with Gasteiger partial charge in [0.25, 0.3) is 6.29 Å². The van der Waals surface area contributed by atoms with Crippen LogP contribution in [-0.4, -0.2) is 75.4 Å². The van der Waals surface area contributed by atoms with E-state index in [2.05, 4.69) is 16.4 Å². The Morgan fingerprint density at radius 3 is 1.36 bits per heavy atom. The van der Waals surface area contributed by atoms with Gasteiger partial charge < -0.3 is 34.3 Å². The number of carbonyl (C=O) groups excluding carboxylic acids is 5. The van der Waals surface area contributed by atoms with E-state index in [0.29, 0.717) is 19.3 Å². The van der Waals surface area contributed by atoms with E-state index in [9.17, 15) is 39.3 Å². The Morgan fingerprint density at radius 1 is 0.556 bits per heavy atom. The standard InChI is InChI=1S/C33H58O12/c1-6-7-8-9-10-11-12-13-14-15-16-17-20-28(42-24(2)34)21-18-19-22-29(43-25(3)35)23-30(38)31(39)33(41,45-27(5)37)32(40)44-26(4)36/h28-29,31-32,39-41H,6-23H2,1-5H3. The average Bonchev–Trinajstić information content (AvgIpc) is 2.93. The van der Waals surface area contributed by atoms with E-state index in [1.807, 2.05) is 0 Å². The van der Waals surface area contributed by atoms with Crippen LogP contribution < -0.4 is 0 Å². The number of hydrogen-bond donors (Lipinski definition) is 3. The maximum Gasteiger partial charge on any atom is 0.307 e. The predicted molar refractivity (Wildman–Crippen MR) is 165 cm³/mol. The fourth-order valence-corrected chi connectivity index (χ4v) is 5.17. The van der Waals surface area contributed by atoms with E-state index in [-0.39, 0.29) is 18.5 Å². The van der Waals surface area contributed by atoms with Crippen molar-refractivity contribution in [2.45, 2.75) is 181 Å². The molecule has 0 aromatic carbocycles. The Labute approximate surface area is 268 Å². The van der Waals surface area contributed by atoms with Gasteiger partial charge in [-0.05, 0) is 38.5 Å². The molecule has 0 aromatic rings. The molecule has 0 saturated heterocycles. The van der Waals surface area contributed by atoms with Crippen molar-refractivity contribution in [1.29, 1.82) is 0 Å². The first kappa shape index (κ1) is 42.4. The number of Topliss-reactive ketones (excluding diaryl/α,β-unsaturated/α-hetero) is 1. The largest absolute Gasteiger partial charge is 0.463 e. The van der Waals surface area contributed by atoms with Crippen LogP contribution in [0.25, 0.3) is 0 Å². The molecule has 12 heteroatoms. The van der Waals surface area contributed by atoms with E-state index < -0.39 is 54.4 Å².